The molecule has 0 radical (unpaired) electrons. The molecular formula is C20H30F2N2. The van der Waals surface area contributed by atoms with Crippen molar-refractivity contribution in [3.8, 4) is 0 Å². The number of hydrazone groups is 1. The Morgan fingerprint density at radius 1 is 1.04 bits per heavy atom. The molecule has 0 amide bonds. The first kappa shape index (κ1) is 18.9. The summed E-state index contributed by atoms with van der Waals surface area (Å²) >= 11 is 0. The fourth-order valence-electron chi connectivity index (χ4n) is 3.33. The van der Waals surface area contributed by atoms with Crippen LogP contribution in [0.2, 0.25) is 0 Å². The smallest absolute Gasteiger partial charge is 0.270 e. The molecule has 0 saturated carbocycles. The molecule has 4 heteroatoms. The van der Waals surface area contributed by atoms with Gasteiger partial charge in [-0.3, -0.25) is 5.01 Å². The van der Waals surface area contributed by atoms with Crippen LogP contribution in [-0.4, -0.2) is 29.7 Å². The van der Waals surface area contributed by atoms with Crippen molar-refractivity contribution >= 4 is 5.71 Å². The lowest BCUT2D eigenvalue weighted by Gasteiger charge is -2.28. The second-order valence-corrected chi connectivity index (χ2v) is 6.84. The second-order valence-electron chi connectivity index (χ2n) is 6.84. The summed E-state index contributed by atoms with van der Waals surface area (Å²) in [4.78, 5) is 0. The molecule has 1 aromatic carbocycles. The first-order valence-corrected chi connectivity index (χ1v) is 9.28. The van der Waals surface area contributed by atoms with Crippen LogP contribution in [0.4, 0.5) is 8.78 Å². The fourth-order valence-corrected chi connectivity index (χ4v) is 3.33. The number of nitrogens with zero attached hydrogens (tertiary/aromatic N) is 2. The summed E-state index contributed by atoms with van der Waals surface area (Å²) in [5.74, 6) is -2.68. The molecule has 0 bridgehead atoms. The lowest BCUT2D eigenvalue weighted by Crippen LogP contribution is -2.41. The minimum absolute atomic E-state index is 0.0344. The van der Waals surface area contributed by atoms with Gasteiger partial charge in [-0.2, -0.15) is 5.10 Å². The van der Waals surface area contributed by atoms with Crippen LogP contribution < -0.4 is 0 Å². The van der Waals surface area contributed by atoms with Crippen molar-refractivity contribution in [1.29, 1.82) is 0 Å². The Kier molecular flexibility index (Phi) is 7.19. The largest absolute Gasteiger partial charge is 0.290 e. The summed E-state index contributed by atoms with van der Waals surface area (Å²) in [7, 11) is 1.67. The number of hydrogen-bond acceptors (Lipinski definition) is 2. The van der Waals surface area contributed by atoms with Crippen molar-refractivity contribution in [3.05, 3.63) is 35.9 Å². The predicted octanol–water partition coefficient (Wildman–Crippen LogP) is 5.87. The van der Waals surface area contributed by atoms with E-state index in [1.807, 2.05) is 30.3 Å². The molecule has 1 atom stereocenters. The minimum atomic E-state index is -2.68. The van der Waals surface area contributed by atoms with E-state index in [2.05, 4.69) is 12.0 Å². The molecular weight excluding hydrogens is 306 g/mol. The topological polar surface area (TPSA) is 15.6 Å². The molecule has 2 nitrogen and oxygen atoms in total. The Labute approximate surface area is 144 Å². The van der Waals surface area contributed by atoms with E-state index in [4.69, 9.17) is 0 Å². The van der Waals surface area contributed by atoms with Crippen molar-refractivity contribution in [2.75, 3.05) is 7.05 Å². The molecule has 134 valence electrons. The molecule has 0 spiro atoms. The summed E-state index contributed by atoms with van der Waals surface area (Å²) in [6, 6.07) is 8.82. The highest BCUT2D eigenvalue weighted by atomic mass is 19.3. The van der Waals surface area contributed by atoms with Crippen LogP contribution in [0.1, 0.15) is 70.3 Å². The first-order valence-electron chi connectivity index (χ1n) is 9.28. The predicted molar refractivity (Wildman–Crippen MR) is 96.7 cm³/mol. The summed E-state index contributed by atoms with van der Waals surface area (Å²) in [5.41, 5.74) is 1.71. The molecule has 1 heterocycles. The minimum Gasteiger partial charge on any atom is -0.290 e. The number of alkyl halides is 2. The third-order valence-electron chi connectivity index (χ3n) is 4.82. The number of unbranched alkanes of at least 4 members (excludes halogenated alkanes) is 6. The van der Waals surface area contributed by atoms with Gasteiger partial charge in [0.25, 0.3) is 5.92 Å². The molecule has 1 aliphatic heterocycles. The van der Waals surface area contributed by atoms with E-state index < -0.39 is 12.0 Å². The maximum Gasteiger partial charge on any atom is 0.270 e. The molecule has 0 fully saturated rings. The normalized spacial score (nSPS) is 18.1. The van der Waals surface area contributed by atoms with Gasteiger partial charge in [0.2, 0.25) is 0 Å². The quantitative estimate of drug-likeness (QED) is 0.488. The van der Waals surface area contributed by atoms with Gasteiger partial charge in [0.15, 0.2) is 0 Å². The maximum atomic E-state index is 14.6. The van der Waals surface area contributed by atoms with E-state index >= 15 is 0 Å². The maximum absolute atomic E-state index is 14.6. The van der Waals surface area contributed by atoms with Gasteiger partial charge in [-0.15, -0.1) is 0 Å². The van der Waals surface area contributed by atoms with Crippen LogP contribution in [0.25, 0.3) is 0 Å². The van der Waals surface area contributed by atoms with Gasteiger partial charge in [-0.1, -0.05) is 75.8 Å². The Morgan fingerprint density at radius 3 is 2.33 bits per heavy atom. The first-order chi connectivity index (χ1) is 11.5. The zero-order valence-electron chi connectivity index (χ0n) is 15.0. The summed E-state index contributed by atoms with van der Waals surface area (Å²) < 4.78 is 29.2. The SMILES string of the molecule is CCCCCCCCCC(F)(F)C1CC(c2ccccc2)=NN1C. The zero-order valence-corrected chi connectivity index (χ0v) is 15.0. The molecule has 24 heavy (non-hydrogen) atoms. The summed E-state index contributed by atoms with van der Waals surface area (Å²) in [6.45, 7) is 2.18. The van der Waals surface area contributed by atoms with Crippen molar-refractivity contribution in [2.24, 2.45) is 5.10 Å². The van der Waals surface area contributed by atoms with Gasteiger partial charge >= 0.3 is 0 Å². The van der Waals surface area contributed by atoms with Crippen molar-refractivity contribution in [3.63, 3.8) is 0 Å². The Hall–Kier alpha value is -1.45. The number of halogens is 2. The average molecular weight is 336 g/mol. The van der Waals surface area contributed by atoms with Gasteiger partial charge in [0.1, 0.15) is 6.04 Å². The average Bonchev–Trinajstić information content (AvgIpc) is 2.98. The van der Waals surface area contributed by atoms with Gasteiger partial charge in [-0.05, 0) is 12.0 Å². The zero-order chi connectivity index (χ0) is 17.4. The molecule has 1 aliphatic rings. The van der Waals surface area contributed by atoms with Gasteiger partial charge < -0.3 is 0 Å². The Balaban J connectivity index is 1.78. The number of hydrogen-bond donors (Lipinski definition) is 0. The third kappa shape index (κ3) is 5.29. The van der Waals surface area contributed by atoms with Crippen LogP contribution in [0.5, 0.6) is 0 Å². The monoisotopic (exact) mass is 336 g/mol. The molecule has 0 aromatic heterocycles. The highest BCUT2D eigenvalue weighted by molar-refractivity contribution is 6.01. The molecule has 2 rings (SSSR count). The second kappa shape index (κ2) is 9.14. The third-order valence-corrected chi connectivity index (χ3v) is 4.82. The van der Waals surface area contributed by atoms with Crippen LogP contribution in [0.3, 0.4) is 0 Å². The van der Waals surface area contributed by atoms with Crippen molar-refractivity contribution in [2.45, 2.75) is 76.7 Å². The van der Waals surface area contributed by atoms with Gasteiger partial charge in [0, 0.05) is 19.9 Å². The molecule has 0 saturated heterocycles. The van der Waals surface area contributed by atoms with Crippen LogP contribution >= 0.6 is 0 Å². The van der Waals surface area contributed by atoms with E-state index in [1.165, 1.54) is 30.7 Å². The van der Waals surface area contributed by atoms with Gasteiger partial charge in [0.05, 0.1) is 5.71 Å². The lowest BCUT2D eigenvalue weighted by atomic mass is 9.96. The fraction of sp³-hybridized carbons (Fsp3) is 0.650. The van der Waals surface area contributed by atoms with E-state index in [0.717, 1.165) is 24.1 Å². The van der Waals surface area contributed by atoms with Crippen LogP contribution in [0, 0.1) is 0 Å². The molecule has 0 aliphatic carbocycles. The lowest BCUT2D eigenvalue weighted by molar-refractivity contribution is -0.0748. The molecule has 1 unspecified atom stereocenters. The Bertz CT molecular complexity index is 514. The van der Waals surface area contributed by atoms with Crippen LogP contribution in [-0.2, 0) is 0 Å². The number of rotatable bonds is 10. The molecule has 0 N–H and O–H groups in total. The van der Waals surface area contributed by atoms with Crippen molar-refractivity contribution in [1.82, 2.24) is 5.01 Å². The van der Waals surface area contributed by atoms with Crippen molar-refractivity contribution < 1.29 is 8.78 Å². The van der Waals surface area contributed by atoms with E-state index in [-0.39, 0.29) is 6.42 Å². The van der Waals surface area contributed by atoms with E-state index in [1.54, 1.807) is 7.05 Å². The standard InChI is InChI=1S/C20H30F2N2/c1-3-4-5-6-7-8-12-15-20(21,22)19-16-18(23-24(19)2)17-13-10-9-11-14-17/h9-11,13-14,19H,3-8,12,15-16H2,1-2H3. The summed E-state index contributed by atoms with van der Waals surface area (Å²) in [5, 5.41) is 5.82. The van der Waals surface area contributed by atoms with Gasteiger partial charge in [-0.25, -0.2) is 8.78 Å². The number of benzene rings is 1. The van der Waals surface area contributed by atoms with E-state index in [0.29, 0.717) is 12.8 Å². The highest BCUT2D eigenvalue weighted by Crippen LogP contribution is 2.35. The van der Waals surface area contributed by atoms with E-state index in [9.17, 15) is 8.78 Å². The van der Waals surface area contributed by atoms with Crippen LogP contribution in [0.15, 0.2) is 35.4 Å². The Morgan fingerprint density at radius 2 is 1.67 bits per heavy atom. The highest BCUT2D eigenvalue weighted by Gasteiger charge is 2.44. The summed E-state index contributed by atoms with van der Waals surface area (Å²) in [6.07, 6.45) is 7.74. The molecule has 1 aromatic rings.